The molecule has 19 heavy (non-hydrogen) atoms. The topological polar surface area (TPSA) is 58.6 Å². The molecule has 0 bridgehead atoms. The molecule has 1 aliphatic rings. The number of carbonyl (C=O) groups excluding carboxylic acids is 1. The average molecular weight is 271 g/mol. The Labute approximate surface area is 116 Å². The van der Waals surface area contributed by atoms with E-state index in [9.17, 15) is 4.79 Å². The molecule has 4 atom stereocenters. The zero-order valence-electron chi connectivity index (χ0n) is 12.5. The molecule has 1 fully saturated rings. The quantitative estimate of drug-likeness (QED) is 0.745. The molecule has 0 radical (unpaired) electrons. The van der Waals surface area contributed by atoms with E-state index in [4.69, 9.17) is 9.84 Å². The minimum Gasteiger partial charge on any atom is -0.396 e. The van der Waals surface area contributed by atoms with Crippen molar-refractivity contribution in [1.82, 2.24) is 5.32 Å². The van der Waals surface area contributed by atoms with Crippen LogP contribution in [0, 0.1) is 11.8 Å². The molecule has 0 aromatic heterocycles. The van der Waals surface area contributed by atoms with Gasteiger partial charge in [0.15, 0.2) is 0 Å². The van der Waals surface area contributed by atoms with Crippen molar-refractivity contribution < 1.29 is 14.6 Å². The zero-order chi connectivity index (χ0) is 14.3. The van der Waals surface area contributed by atoms with Crippen LogP contribution in [0.1, 0.15) is 52.9 Å². The predicted molar refractivity (Wildman–Crippen MR) is 75.8 cm³/mol. The largest absolute Gasteiger partial charge is 0.396 e. The summed E-state index contributed by atoms with van der Waals surface area (Å²) in [6, 6.07) is 0. The summed E-state index contributed by atoms with van der Waals surface area (Å²) in [6.45, 7) is 6.87. The van der Waals surface area contributed by atoms with E-state index in [1.54, 1.807) is 0 Å². The maximum Gasteiger partial charge on any atom is 0.248 e. The van der Waals surface area contributed by atoms with Gasteiger partial charge in [0, 0.05) is 13.2 Å². The Morgan fingerprint density at radius 1 is 1.42 bits per heavy atom. The zero-order valence-corrected chi connectivity index (χ0v) is 12.5. The third-order valence-corrected chi connectivity index (χ3v) is 3.90. The van der Waals surface area contributed by atoms with E-state index in [0.717, 1.165) is 19.3 Å². The third-order valence-electron chi connectivity index (χ3n) is 3.90. The van der Waals surface area contributed by atoms with E-state index in [-0.39, 0.29) is 24.7 Å². The second kappa shape index (κ2) is 8.54. The van der Waals surface area contributed by atoms with Gasteiger partial charge >= 0.3 is 0 Å². The van der Waals surface area contributed by atoms with Gasteiger partial charge in [0.1, 0.15) is 6.10 Å². The van der Waals surface area contributed by atoms with Gasteiger partial charge in [0.25, 0.3) is 0 Å². The Morgan fingerprint density at radius 3 is 2.79 bits per heavy atom. The van der Waals surface area contributed by atoms with Crippen LogP contribution in [0.25, 0.3) is 0 Å². The molecule has 1 rings (SSSR count). The van der Waals surface area contributed by atoms with E-state index in [1.807, 2.05) is 13.8 Å². The van der Waals surface area contributed by atoms with Gasteiger partial charge in [-0.3, -0.25) is 4.79 Å². The molecule has 0 spiro atoms. The lowest BCUT2D eigenvalue weighted by molar-refractivity contribution is -0.137. The minimum atomic E-state index is -0.378. The molecular formula is C15H29NO3. The Kier molecular flexibility index (Phi) is 7.39. The number of amides is 1. The van der Waals surface area contributed by atoms with Crippen LogP contribution in [0.15, 0.2) is 0 Å². The second-order valence-corrected chi connectivity index (χ2v) is 6.03. The highest BCUT2D eigenvalue weighted by molar-refractivity contribution is 5.80. The van der Waals surface area contributed by atoms with Gasteiger partial charge in [-0.15, -0.1) is 0 Å². The highest BCUT2D eigenvalue weighted by atomic mass is 16.5. The van der Waals surface area contributed by atoms with Crippen molar-refractivity contribution >= 4 is 5.91 Å². The van der Waals surface area contributed by atoms with Crippen LogP contribution in [0.2, 0.25) is 0 Å². The molecule has 0 heterocycles. The Morgan fingerprint density at radius 2 is 2.16 bits per heavy atom. The highest BCUT2D eigenvalue weighted by Gasteiger charge is 2.24. The van der Waals surface area contributed by atoms with E-state index < -0.39 is 0 Å². The number of carbonyl (C=O) groups is 1. The van der Waals surface area contributed by atoms with Gasteiger partial charge in [-0.1, -0.05) is 26.7 Å². The Balaban J connectivity index is 2.24. The minimum absolute atomic E-state index is 0.0389. The summed E-state index contributed by atoms with van der Waals surface area (Å²) < 4.78 is 5.85. The van der Waals surface area contributed by atoms with E-state index in [1.165, 1.54) is 12.8 Å². The fourth-order valence-corrected chi connectivity index (χ4v) is 2.59. The van der Waals surface area contributed by atoms with Crippen molar-refractivity contribution in [2.24, 2.45) is 11.8 Å². The summed E-state index contributed by atoms with van der Waals surface area (Å²) in [5.74, 6) is 0.970. The number of hydrogen-bond donors (Lipinski definition) is 2. The number of aliphatic hydroxyl groups is 1. The van der Waals surface area contributed by atoms with E-state index in [2.05, 4.69) is 12.2 Å². The SMILES string of the molecule is CC(CCO)CNC(=O)C(C)OC1CCCC(C)C1. The lowest BCUT2D eigenvalue weighted by atomic mass is 9.88. The van der Waals surface area contributed by atoms with Crippen molar-refractivity contribution in [1.29, 1.82) is 0 Å². The number of aliphatic hydroxyl groups excluding tert-OH is 1. The molecule has 0 saturated heterocycles. The van der Waals surface area contributed by atoms with Crippen LogP contribution in [0.5, 0.6) is 0 Å². The lowest BCUT2D eigenvalue weighted by Crippen LogP contribution is -2.39. The van der Waals surface area contributed by atoms with Crippen LogP contribution >= 0.6 is 0 Å². The van der Waals surface area contributed by atoms with Gasteiger partial charge < -0.3 is 15.2 Å². The van der Waals surface area contributed by atoms with E-state index in [0.29, 0.717) is 18.4 Å². The predicted octanol–water partition coefficient (Wildman–Crippen LogP) is 2.10. The van der Waals surface area contributed by atoms with Crippen molar-refractivity contribution in [2.45, 2.75) is 65.1 Å². The van der Waals surface area contributed by atoms with Crippen LogP contribution in [0.4, 0.5) is 0 Å². The van der Waals surface area contributed by atoms with Crippen LogP contribution in [-0.4, -0.2) is 36.4 Å². The lowest BCUT2D eigenvalue weighted by Gasteiger charge is -2.29. The molecule has 2 N–H and O–H groups in total. The number of rotatable bonds is 7. The van der Waals surface area contributed by atoms with Crippen molar-refractivity contribution in [2.75, 3.05) is 13.2 Å². The van der Waals surface area contributed by atoms with Gasteiger partial charge in [0.2, 0.25) is 5.91 Å². The standard InChI is InChI=1S/C15H29NO3/c1-11-5-4-6-14(9-11)19-13(3)15(18)16-10-12(2)7-8-17/h11-14,17H,4-10H2,1-3H3,(H,16,18). The van der Waals surface area contributed by atoms with Crippen molar-refractivity contribution in [3.8, 4) is 0 Å². The third kappa shape index (κ3) is 6.39. The summed E-state index contributed by atoms with van der Waals surface area (Å²) in [6.07, 6.45) is 5.19. The molecule has 1 saturated carbocycles. The van der Waals surface area contributed by atoms with Crippen LogP contribution in [-0.2, 0) is 9.53 Å². The van der Waals surface area contributed by atoms with Crippen LogP contribution in [0.3, 0.4) is 0 Å². The molecule has 112 valence electrons. The first-order valence-electron chi connectivity index (χ1n) is 7.57. The molecule has 4 unspecified atom stereocenters. The maximum atomic E-state index is 11.9. The average Bonchev–Trinajstić information content (AvgIpc) is 2.36. The molecular weight excluding hydrogens is 242 g/mol. The fraction of sp³-hybridized carbons (Fsp3) is 0.933. The summed E-state index contributed by atoms with van der Waals surface area (Å²) >= 11 is 0. The molecule has 4 nitrogen and oxygen atoms in total. The Hall–Kier alpha value is -0.610. The summed E-state index contributed by atoms with van der Waals surface area (Å²) in [7, 11) is 0. The van der Waals surface area contributed by atoms with E-state index >= 15 is 0 Å². The van der Waals surface area contributed by atoms with Gasteiger partial charge in [0.05, 0.1) is 6.10 Å². The first-order valence-corrected chi connectivity index (χ1v) is 7.57. The highest BCUT2D eigenvalue weighted by Crippen LogP contribution is 2.26. The first kappa shape index (κ1) is 16.4. The Bertz CT molecular complexity index is 270. The number of nitrogens with one attached hydrogen (secondary N) is 1. The maximum absolute atomic E-state index is 11.9. The van der Waals surface area contributed by atoms with Gasteiger partial charge in [-0.25, -0.2) is 0 Å². The number of hydrogen-bond acceptors (Lipinski definition) is 3. The van der Waals surface area contributed by atoms with Gasteiger partial charge in [-0.2, -0.15) is 0 Å². The fourth-order valence-electron chi connectivity index (χ4n) is 2.59. The van der Waals surface area contributed by atoms with Crippen LogP contribution < -0.4 is 5.32 Å². The normalized spacial score (nSPS) is 26.7. The smallest absolute Gasteiger partial charge is 0.248 e. The molecule has 0 aromatic rings. The summed E-state index contributed by atoms with van der Waals surface area (Å²) in [4.78, 5) is 11.9. The molecule has 0 aromatic carbocycles. The summed E-state index contributed by atoms with van der Waals surface area (Å²) in [5.41, 5.74) is 0. The monoisotopic (exact) mass is 271 g/mol. The first-order chi connectivity index (χ1) is 9.02. The van der Waals surface area contributed by atoms with Gasteiger partial charge in [-0.05, 0) is 38.0 Å². The molecule has 4 heteroatoms. The van der Waals surface area contributed by atoms with Crippen molar-refractivity contribution in [3.63, 3.8) is 0 Å². The van der Waals surface area contributed by atoms with Crippen molar-refractivity contribution in [3.05, 3.63) is 0 Å². The molecule has 0 aliphatic heterocycles. The molecule has 1 amide bonds. The second-order valence-electron chi connectivity index (χ2n) is 6.03. The number of ether oxygens (including phenoxy) is 1. The molecule has 1 aliphatic carbocycles. The summed E-state index contributed by atoms with van der Waals surface area (Å²) in [5, 5.41) is 11.7.